The quantitative estimate of drug-likeness (QED) is 0.399. The first-order valence-corrected chi connectivity index (χ1v) is 9.87. The molecule has 0 atom stereocenters. The van der Waals surface area contributed by atoms with E-state index in [0.717, 1.165) is 17.7 Å². The van der Waals surface area contributed by atoms with Crippen LogP contribution in [0.4, 0.5) is 24.5 Å². The first-order valence-electron chi connectivity index (χ1n) is 9.87. The smallest absolute Gasteiger partial charge is 0.418 e. The lowest BCUT2D eigenvalue weighted by atomic mass is 10.1. The standard InChI is InChI=1S/C24H18F3N3O3/c1-13-5-7-19-15(10-13)11-17(14(2)28-19)22(31)30-20-8-6-16(12-18(20)24(25,26)27)29-23(32)21-4-3-9-33-21/h3-12H,1-2H3,(H,29,32)(H,30,31). The minimum atomic E-state index is -4.78. The summed E-state index contributed by atoms with van der Waals surface area (Å²) in [6.07, 6.45) is -3.50. The largest absolute Gasteiger partial charge is 0.459 e. The molecule has 0 aliphatic rings. The monoisotopic (exact) mass is 453 g/mol. The molecule has 2 amide bonds. The van der Waals surface area contributed by atoms with E-state index in [2.05, 4.69) is 15.6 Å². The fourth-order valence-corrected chi connectivity index (χ4v) is 3.38. The summed E-state index contributed by atoms with van der Waals surface area (Å²) in [4.78, 5) is 29.3. The second-order valence-corrected chi connectivity index (χ2v) is 7.46. The molecule has 6 nitrogen and oxygen atoms in total. The Hall–Kier alpha value is -4.14. The number of furan rings is 1. The van der Waals surface area contributed by atoms with Crippen LogP contribution in [0, 0.1) is 13.8 Å². The van der Waals surface area contributed by atoms with Crippen LogP contribution in [0.2, 0.25) is 0 Å². The number of rotatable bonds is 4. The van der Waals surface area contributed by atoms with Gasteiger partial charge in [0.1, 0.15) is 0 Å². The molecule has 0 saturated heterocycles. The molecule has 0 saturated carbocycles. The highest BCUT2D eigenvalue weighted by atomic mass is 19.4. The Labute approximate surface area is 186 Å². The number of aryl methyl sites for hydroxylation is 2. The van der Waals surface area contributed by atoms with Crippen LogP contribution < -0.4 is 10.6 Å². The van der Waals surface area contributed by atoms with Crippen molar-refractivity contribution in [2.24, 2.45) is 0 Å². The number of pyridine rings is 1. The van der Waals surface area contributed by atoms with Crippen LogP contribution in [0.25, 0.3) is 10.9 Å². The van der Waals surface area contributed by atoms with Crippen LogP contribution in [-0.2, 0) is 6.18 Å². The second-order valence-electron chi connectivity index (χ2n) is 7.46. The number of hydrogen-bond acceptors (Lipinski definition) is 4. The van der Waals surface area contributed by atoms with Crippen molar-refractivity contribution in [1.82, 2.24) is 4.98 Å². The van der Waals surface area contributed by atoms with Gasteiger partial charge in [0.05, 0.1) is 34.3 Å². The number of aromatic nitrogens is 1. The van der Waals surface area contributed by atoms with Gasteiger partial charge in [-0.3, -0.25) is 14.6 Å². The molecule has 4 aromatic rings. The summed E-state index contributed by atoms with van der Waals surface area (Å²) >= 11 is 0. The Bertz CT molecular complexity index is 1360. The molecule has 0 bridgehead atoms. The third-order valence-corrected chi connectivity index (χ3v) is 4.98. The summed E-state index contributed by atoms with van der Waals surface area (Å²) < 4.78 is 46.1. The van der Waals surface area contributed by atoms with Crippen molar-refractivity contribution >= 4 is 34.1 Å². The fraction of sp³-hybridized carbons (Fsp3) is 0.125. The minimum absolute atomic E-state index is 0.0459. The Morgan fingerprint density at radius 2 is 1.73 bits per heavy atom. The molecule has 33 heavy (non-hydrogen) atoms. The lowest BCUT2D eigenvalue weighted by Gasteiger charge is -2.16. The maximum atomic E-state index is 13.7. The molecule has 0 aliphatic carbocycles. The van der Waals surface area contributed by atoms with Gasteiger partial charge < -0.3 is 15.1 Å². The number of anilines is 2. The van der Waals surface area contributed by atoms with Crippen LogP contribution in [0.5, 0.6) is 0 Å². The van der Waals surface area contributed by atoms with Gasteiger partial charge in [0, 0.05) is 11.1 Å². The van der Waals surface area contributed by atoms with E-state index in [1.807, 2.05) is 25.1 Å². The SMILES string of the molecule is Cc1ccc2nc(C)c(C(=O)Nc3ccc(NC(=O)c4ccco4)cc3C(F)(F)F)cc2c1. The van der Waals surface area contributed by atoms with Crippen LogP contribution in [0.15, 0.2) is 65.3 Å². The summed E-state index contributed by atoms with van der Waals surface area (Å²) in [6.45, 7) is 3.51. The number of halogens is 3. The molecule has 2 heterocycles. The number of benzene rings is 2. The Morgan fingerprint density at radius 1 is 0.939 bits per heavy atom. The van der Waals surface area contributed by atoms with E-state index < -0.39 is 29.2 Å². The van der Waals surface area contributed by atoms with Crippen molar-refractivity contribution in [3.8, 4) is 0 Å². The maximum Gasteiger partial charge on any atom is 0.418 e. The minimum Gasteiger partial charge on any atom is -0.459 e. The van der Waals surface area contributed by atoms with E-state index in [1.165, 1.54) is 24.5 Å². The average Bonchev–Trinajstić information content (AvgIpc) is 3.29. The molecule has 2 aromatic heterocycles. The molecule has 2 aromatic carbocycles. The van der Waals surface area contributed by atoms with Gasteiger partial charge in [-0.15, -0.1) is 0 Å². The van der Waals surface area contributed by atoms with Gasteiger partial charge in [0.2, 0.25) is 0 Å². The Kier molecular flexibility index (Phi) is 5.63. The second kappa shape index (κ2) is 8.42. The van der Waals surface area contributed by atoms with Crippen LogP contribution in [0.3, 0.4) is 0 Å². The first kappa shape index (κ1) is 22.1. The molecular weight excluding hydrogens is 435 g/mol. The van der Waals surface area contributed by atoms with E-state index in [0.29, 0.717) is 16.6 Å². The van der Waals surface area contributed by atoms with Gasteiger partial charge >= 0.3 is 6.18 Å². The van der Waals surface area contributed by atoms with Gasteiger partial charge in [-0.05, 0) is 62.4 Å². The molecular formula is C24H18F3N3O3. The lowest BCUT2D eigenvalue weighted by molar-refractivity contribution is -0.136. The van der Waals surface area contributed by atoms with Crippen molar-refractivity contribution in [3.05, 3.63) is 89.0 Å². The number of carbonyl (C=O) groups is 2. The van der Waals surface area contributed by atoms with E-state index in [-0.39, 0.29) is 17.0 Å². The zero-order valence-electron chi connectivity index (χ0n) is 17.6. The summed E-state index contributed by atoms with van der Waals surface area (Å²) in [6, 6.07) is 13.1. The van der Waals surface area contributed by atoms with Crippen molar-refractivity contribution in [2.75, 3.05) is 10.6 Å². The van der Waals surface area contributed by atoms with Crippen LogP contribution in [0.1, 0.15) is 37.7 Å². The molecule has 168 valence electrons. The first-order chi connectivity index (χ1) is 15.6. The number of fused-ring (bicyclic) bond motifs is 1. The third kappa shape index (κ3) is 4.72. The van der Waals surface area contributed by atoms with Crippen LogP contribution >= 0.6 is 0 Å². The number of nitrogens with one attached hydrogen (secondary N) is 2. The molecule has 0 fully saturated rings. The Balaban J connectivity index is 1.64. The normalized spacial score (nSPS) is 11.4. The van der Waals surface area contributed by atoms with Gasteiger partial charge in [-0.2, -0.15) is 13.2 Å². The summed E-state index contributed by atoms with van der Waals surface area (Å²) in [5.74, 6) is -1.46. The molecule has 0 spiro atoms. The van der Waals surface area contributed by atoms with E-state index >= 15 is 0 Å². The third-order valence-electron chi connectivity index (χ3n) is 4.98. The lowest BCUT2D eigenvalue weighted by Crippen LogP contribution is -2.19. The van der Waals surface area contributed by atoms with E-state index in [4.69, 9.17) is 4.42 Å². The fourth-order valence-electron chi connectivity index (χ4n) is 3.38. The van der Waals surface area contributed by atoms with Crippen molar-refractivity contribution in [1.29, 1.82) is 0 Å². The van der Waals surface area contributed by atoms with Crippen LogP contribution in [-0.4, -0.2) is 16.8 Å². The molecule has 4 rings (SSSR count). The van der Waals surface area contributed by atoms with Crippen molar-refractivity contribution < 1.29 is 27.2 Å². The van der Waals surface area contributed by atoms with Crippen molar-refractivity contribution in [2.45, 2.75) is 20.0 Å². The molecule has 9 heteroatoms. The van der Waals surface area contributed by atoms with E-state index in [9.17, 15) is 22.8 Å². The van der Waals surface area contributed by atoms with E-state index in [1.54, 1.807) is 13.0 Å². The number of nitrogens with zero attached hydrogens (tertiary/aromatic N) is 1. The zero-order valence-corrected chi connectivity index (χ0v) is 17.6. The highest BCUT2D eigenvalue weighted by Gasteiger charge is 2.34. The number of amides is 2. The van der Waals surface area contributed by atoms with Gasteiger partial charge in [-0.1, -0.05) is 11.6 Å². The van der Waals surface area contributed by atoms with Gasteiger partial charge in [0.25, 0.3) is 11.8 Å². The zero-order chi connectivity index (χ0) is 23.8. The average molecular weight is 453 g/mol. The van der Waals surface area contributed by atoms with Crippen molar-refractivity contribution in [3.63, 3.8) is 0 Å². The van der Waals surface area contributed by atoms with Gasteiger partial charge in [-0.25, -0.2) is 0 Å². The number of carbonyl (C=O) groups excluding carboxylic acids is 2. The molecule has 0 aliphatic heterocycles. The molecule has 2 N–H and O–H groups in total. The topological polar surface area (TPSA) is 84.2 Å². The molecule has 0 unspecified atom stereocenters. The summed E-state index contributed by atoms with van der Waals surface area (Å²) in [5, 5.41) is 5.39. The number of hydrogen-bond donors (Lipinski definition) is 2. The maximum absolute atomic E-state index is 13.7. The number of alkyl halides is 3. The summed E-state index contributed by atoms with van der Waals surface area (Å²) in [7, 11) is 0. The predicted octanol–water partition coefficient (Wildman–Crippen LogP) is 5.97. The highest BCUT2D eigenvalue weighted by Crippen LogP contribution is 2.37. The highest BCUT2D eigenvalue weighted by molar-refractivity contribution is 6.07. The Morgan fingerprint density at radius 3 is 2.42 bits per heavy atom. The summed E-state index contributed by atoms with van der Waals surface area (Å²) in [5.41, 5.74) is 0.563. The van der Waals surface area contributed by atoms with Gasteiger partial charge in [0.15, 0.2) is 5.76 Å². The predicted molar refractivity (Wildman–Crippen MR) is 117 cm³/mol. The molecule has 0 radical (unpaired) electrons.